The second-order valence-electron chi connectivity index (χ2n) is 3.26. The summed E-state index contributed by atoms with van der Waals surface area (Å²) in [6, 6.07) is 2.10. The fraction of sp³-hybridized carbons (Fsp3) is 0.200. The van der Waals surface area contributed by atoms with Crippen molar-refractivity contribution in [3.05, 3.63) is 29.6 Å². The van der Waals surface area contributed by atoms with Crippen LogP contribution in [0.4, 0.5) is 4.39 Å². The van der Waals surface area contributed by atoms with Gasteiger partial charge in [-0.05, 0) is 19.1 Å². The SMILES string of the molecule is CC(NC(=O)c1ccc(F)cc1O)C(N)=O. The van der Waals surface area contributed by atoms with Gasteiger partial charge in [-0.2, -0.15) is 0 Å². The van der Waals surface area contributed by atoms with Gasteiger partial charge in [0.25, 0.3) is 5.91 Å². The minimum atomic E-state index is -0.864. The van der Waals surface area contributed by atoms with Gasteiger partial charge in [-0.1, -0.05) is 0 Å². The van der Waals surface area contributed by atoms with E-state index >= 15 is 0 Å². The van der Waals surface area contributed by atoms with Crippen LogP contribution in [0.2, 0.25) is 0 Å². The maximum absolute atomic E-state index is 12.6. The second-order valence-corrected chi connectivity index (χ2v) is 3.26. The summed E-state index contributed by atoms with van der Waals surface area (Å²) >= 11 is 0. The number of primary amides is 1. The predicted molar refractivity (Wildman–Crippen MR) is 54.2 cm³/mol. The summed E-state index contributed by atoms with van der Waals surface area (Å²) in [6.45, 7) is 1.40. The minimum Gasteiger partial charge on any atom is -0.507 e. The Morgan fingerprint density at radius 2 is 2.12 bits per heavy atom. The predicted octanol–water partition coefficient (Wildman–Crippen LogP) is 0.135. The number of carbonyl (C=O) groups excluding carboxylic acids is 2. The van der Waals surface area contributed by atoms with E-state index in [1.807, 2.05) is 0 Å². The lowest BCUT2D eigenvalue weighted by Gasteiger charge is -2.10. The average molecular weight is 226 g/mol. The Balaban J connectivity index is 2.85. The number of nitrogens with one attached hydrogen (secondary N) is 1. The van der Waals surface area contributed by atoms with Crippen molar-refractivity contribution >= 4 is 11.8 Å². The molecule has 0 aromatic heterocycles. The van der Waals surface area contributed by atoms with E-state index < -0.39 is 29.4 Å². The topological polar surface area (TPSA) is 92.4 Å². The molecule has 0 aliphatic rings. The summed E-state index contributed by atoms with van der Waals surface area (Å²) in [5.41, 5.74) is 4.83. The smallest absolute Gasteiger partial charge is 0.255 e. The Hall–Kier alpha value is -2.11. The molecule has 1 atom stereocenters. The standard InChI is InChI=1S/C10H11FN2O3/c1-5(9(12)15)13-10(16)7-3-2-6(11)4-8(7)14/h2-5,14H,1H3,(H2,12,15)(H,13,16). The maximum atomic E-state index is 12.6. The molecule has 16 heavy (non-hydrogen) atoms. The minimum absolute atomic E-state index is 0.116. The molecular weight excluding hydrogens is 215 g/mol. The maximum Gasteiger partial charge on any atom is 0.255 e. The number of phenols is 1. The number of benzene rings is 1. The normalized spacial score (nSPS) is 11.9. The third-order valence-electron chi connectivity index (χ3n) is 1.98. The highest BCUT2D eigenvalue weighted by Gasteiger charge is 2.16. The summed E-state index contributed by atoms with van der Waals surface area (Å²) in [4.78, 5) is 22.2. The molecule has 0 radical (unpaired) electrons. The van der Waals surface area contributed by atoms with Crippen LogP contribution in [0.3, 0.4) is 0 Å². The van der Waals surface area contributed by atoms with Crippen LogP contribution in [-0.2, 0) is 4.79 Å². The summed E-state index contributed by atoms with van der Waals surface area (Å²) in [5, 5.41) is 11.6. The molecule has 0 aliphatic heterocycles. The van der Waals surface area contributed by atoms with Crippen molar-refractivity contribution in [1.29, 1.82) is 0 Å². The molecule has 0 saturated carbocycles. The first-order valence-corrected chi connectivity index (χ1v) is 4.50. The number of rotatable bonds is 3. The summed E-state index contributed by atoms with van der Waals surface area (Å²) in [5.74, 6) is -2.54. The zero-order valence-corrected chi connectivity index (χ0v) is 8.53. The van der Waals surface area contributed by atoms with E-state index in [0.717, 1.165) is 18.2 Å². The van der Waals surface area contributed by atoms with E-state index in [0.29, 0.717) is 0 Å². The van der Waals surface area contributed by atoms with Crippen LogP contribution < -0.4 is 11.1 Å². The van der Waals surface area contributed by atoms with Crippen molar-refractivity contribution in [2.75, 3.05) is 0 Å². The molecule has 0 spiro atoms. The highest BCUT2D eigenvalue weighted by molar-refractivity contribution is 5.99. The summed E-state index contributed by atoms with van der Waals surface area (Å²) in [7, 11) is 0. The van der Waals surface area contributed by atoms with Crippen molar-refractivity contribution in [2.45, 2.75) is 13.0 Å². The van der Waals surface area contributed by atoms with Gasteiger partial charge < -0.3 is 16.2 Å². The average Bonchev–Trinajstić information content (AvgIpc) is 2.16. The number of hydrogen-bond acceptors (Lipinski definition) is 3. The zero-order chi connectivity index (χ0) is 12.3. The van der Waals surface area contributed by atoms with Crippen molar-refractivity contribution in [1.82, 2.24) is 5.32 Å². The lowest BCUT2D eigenvalue weighted by Crippen LogP contribution is -2.42. The number of carbonyl (C=O) groups is 2. The van der Waals surface area contributed by atoms with Gasteiger partial charge in [0.1, 0.15) is 17.6 Å². The monoisotopic (exact) mass is 226 g/mol. The number of phenolic OH excluding ortho intramolecular Hbond substituents is 1. The number of nitrogens with two attached hydrogens (primary N) is 1. The number of amides is 2. The third kappa shape index (κ3) is 2.69. The van der Waals surface area contributed by atoms with E-state index in [-0.39, 0.29) is 5.56 Å². The van der Waals surface area contributed by atoms with Gasteiger partial charge in [-0.25, -0.2) is 4.39 Å². The number of halogens is 1. The summed E-state index contributed by atoms with van der Waals surface area (Å²) in [6.07, 6.45) is 0. The third-order valence-corrected chi connectivity index (χ3v) is 1.98. The molecule has 6 heteroatoms. The van der Waals surface area contributed by atoms with E-state index in [4.69, 9.17) is 5.73 Å². The molecule has 1 rings (SSSR count). The molecule has 4 N–H and O–H groups in total. The zero-order valence-electron chi connectivity index (χ0n) is 8.53. The molecule has 0 heterocycles. The van der Waals surface area contributed by atoms with Gasteiger partial charge in [-0.3, -0.25) is 9.59 Å². The highest BCUT2D eigenvalue weighted by atomic mass is 19.1. The Labute approximate surface area is 91.1 Å². The molecule has 5 nitrogen and oxygen atoms in total. The first kappa shape index (κ1) is 12.0. The molecule has 1 unspecified atom stereocenters. The Morgan fingerprint density at radius 3 is 2.62 bits per heavy atom. The van der Waals surface area contributed by atoms with Crippen molar-refractivity contribution in [2.24, 2.45) is 5.73 Å². The van der Waals surface area contributed by atoms with E-state index in [2.05, 4.69) is 5.32 Å². The van der Waals surface area contributed by atoms with E-state index in [1.165, 1.54) is 6.92 Å². The molecule has 1 aromatic rings. The van der Waals surface area contributed by atoms with Crippen LogP contribution in [0.1, 0.15) is 17.3 Å². The van der Waals surface area contributed by atoms with Crippen LogP contribution in [0.5, 0.6) is 5.75 Å². The first-order chi connectivity index (χ1) is 7.41. The lowest BCUT2D eigenvalue weighted by molar-refractivity contribution is -0.119. The van der Waals surface area contributed by atoms with Gasteiger partial charge in [0.2, 0.25) is 5.91 Å². The van der Waals surface area contributed by atoms with Gasteiger partial charge in [0, 0.05) is 6.07 Å². The fourth-order valence-electron chi connectivity index (χ4n) is 1.04. The summed E-state index contributed by atoms with van der Waals surface area (Å²) < 4.78 is 12.6. The molecule has 2 amide bonds. The van der Waals surface area contributed by atoms with Crippen LogP contribution in [0.25, 0.3) is 0 Å². The van der Waals surface area contributed by atoms with Crippen molar-refractivity contribution in [3.63, 3.8) is 0 Å². The molecule has 0 fully saturated rings. The van der Waals surface area contributed by atoms with Crippen molar-refractivity contribution < 1.29 is 19.1 Å². The quantitative estimate of drug-likeness (QED) is 0.684. The van der Waals surface area contributed by atoms with Gasteiger partial charge in [0.05, 0.1) is 5.56 Å². The molecule has 0 aliphatic carbocycles. The fourth-order valence-corrected chi connectivity index (χ4v) is 1.04. The Morgan fingerprint density at radius 1 is 1.50 bits per heavy atom. The number of hydrogen-bond donors (Lipinski definition) is 3. The van der Waals surface area contributed by atoms with Crippen LogP contribution in [-0.4, -0.2) is 23.0 Å². The van der Waals surface area contributed by atoms with E-state index in [1.54, 1.807) is 0 Å². The largest absolute Gasteiger partial charge is 0.507 e. The van der Waals surface area contributed by atoms with Crippen LogP contribution in [0.15, 0.2) is 18.2 Å². The molecule has 0 saturated heterocycles. The number of aromatic hydroxyl groups is 1. The van der Waals surface area contributed by atoms with Crippen LogP contribution >= 0.6 is 0 Å². The second kappa shape index (κ2) is 4.61. The molecule has 86 valence electrons. The van der Waals surface area contributed by atoms with Gasteiger partial charge in [-0.15, -0.1) is 0 Å². The molecule has 1 aromatic carbocycles. The Bertz CT molecular complexity index is 434. The van der Waals surface area contributed by atoms with E-state index in [9.17, 15) is 19.1 Å². The highest BCUT2D eigenvalue weighted by Crippen LogP contribution is 2.17. The lowest BCUT2D eigenvalue weighted by atomic mass is 10.1. The molecular formula is C10H11FN2O3. The Kier molecular flexibility index (Phi) is 3.44. The van der Waals surface area contributed by atoms with Gasteiger partial charge >= 0.3 is 0 Å². The van der Waals surface area contributed by atoms with Crippen molar-refractivity contribution in [3.8, 4) is 5.75 Å². The van der Waals surface area contributed by atoms with Crippen LogP contribution in [0, 0.1) is 5.82 Å². The van der Waals surface area contributed by atoms with Gasteiger partial charge in [0.15, 0.2) is 0 Å². The molecule has 0 bridgehead atoms. The first-order valence-electron chi connectivity index (χ1n) is 4.50.